The van der Waals surface area contributed by atoms with Crippen LogP contribution in [0, 0.1) is 6.92 Å². The Morgan fingerprint density at radius 1 is 1.04 bits per heavy atom. The van der Waals surface area contributed by atoms with Crippen molar-refractivity contribution in [2.24, 2.45) is 0 Å². The molecule has 0 bridgehead atoms. The van der Waals surface area contributed by atoms with Crippen molar-refractivity contribution < 1.29 is 9.53 Å². The Balaban J connectivity index is 1.53. The van der Waals surface area contributed by atoms with E-state index in [1.54, 1.807) is 6.08 Å². The molecule has 1 amide bonds. The highest BCUT2D eigenvalue weighted by atomic mass is 79.9. The van der Waals surface area contributed by atoms with E-state index in [-0.39, 0.29) is 5.91 Å². The van der Waals surface area contributed by atoms with Gasteiger partial charge in [0, 0.05) is 16.2 Å². The molecular weight excluding hydrogens is 402 g/mol. The Morgan fingerprint density at radius 3 is 2.48 bits per heavy atom. The van der Waals surface area contributed by atoms with Crippen molar-refractivity contribution >= 4 is 33.6 Å². The Kier molecular flexibility index (Phi) is 6.44. The minimum atomic E-state index is -0.171. The second kappa shape index (κ2) is 9.19. The van der Waals surface area contributed by atoms with Gasteiger partial charge in [0.05, 0.1) is 0 Å². The van der Waals surface area contributed by atoms with Gasteiger partial charge in [0.25, 0.3) is 0 Å². The average molecular weight is 422 g/mol. The van der Waals surface area contributed by atoms with Crippen LogP contribution in [-0.4, -0.2) is 5.91 Å². The molecule has 0 heterocycles. The Hall–Kier alpha value is -2.85. The summed E-state index contributed by atoms with van der Waals surface area (Å²) in [5.74, 6) is 0.625. The van der Waals surface area contributed by atoms with Crippen LogP contribution in [0.2, 0.25) is 0 Å². The molecule has 3 aromatic carbocycles. The fraction of sp³-hybridized carbons (Fsp3) is 0.0870. The fourth-order valence-corrected chi connectivity index (χ4v) is 2.82. The van der Waals surface area contributed by atoms with Gasteiger partial charge in [-0.2, -0.15) is 0 Å². The predicted octanol–water partition coefficient (Wildman–Crippen LogP) is 5.99. The van der Waals surface area contributed by atoms with E-state index in [2.05, 4.69) is 21.2 Å². The predicted molar refractivity (Wildman–Crippen MR) is 114 cm³/mol. The molecule has 136 valence electrons. The molecule has 3 aromatic rings. The minimum Gasteiger partial charge on any atom is -0.489 e. The third-order valence-electron chi connectivity index (χ3n) is 3.99. The second-order valence-corrected chi connectivity index (χ2v) is 6.98. The maximum Gasteiger partial charge on any atom is 0.248 e. The van der Waals surface area contributed by atoms with Crippen molar-refractivity contribution in [2.45, 2.75) is 13.5 Å². The van der Waals surface area contributed by atoms with Crippen LogP contribution in [0.25, 0.3) is 6.08 Å². The smallest absolute Gasteiger partial charge is 0.248 e. The van der Waals surface area contributed by atoms with Crippen LogP contribution in [0.5, 0.6) is 5.75 Å². The number of ether oxygens (including phenoxy) is 1. The van der Waals surface area contributed by atoms with Crippen LogP contribution in [0.15, 0.2) is 83.3 Å². The Bertz CT molecular complexity index is 934. The number of amides is 1. The first-order chi connectivity index (χ1) is 13.1. The number of nitrogens with one attached hydrogen (secondary N) is 1. The largest absolute Gasteiger partial charge is 0.489 e. The summed E-state index contributed by atoms with van der Waals surface area (Å²) in [6.45, 7) is 2.54. The van der Waals surface area contributed by atoms with Crippen LogP contribution in [0.3, 0.4) is 0 Å². The number of hydrogen-bond donors (Lipinski definition) is 1. The van der Waals surface area contributed by atoms with Crippen molar-refractivity contribution in [3.63, 3.8) is 0 Å². The molecule has 0 unspecified atom stereocenters. The van der Waals surface area contributed by atoms with Crippen molar-refractivity contribution in [3.8, 4) is 5.75 Å². The number of halogens is 1. The molecule has 0 fully saturated rings. The lowest BCUT2D eigenvalue weighted by Gasteiger charge is -2.06. The van der Waals surface area contributed by atoms with E-state index in [9.17, 15) is 4.79 Å². The lowest BCUT2D eigenvalue weighted by atomic mass is 10.2. The van der Waals surface area contributed by atoms with E-state index in [1.807, 2.05) is 79.7 Å². The summed E-state index contributed by atoms with van der Waals surface area (Å²) >= 11 is 3.46. The highest BCUT2D eigenvalue weighted by Gasteiger charge is 2.01. The number of rotatable bonds is 6. The number of anilines is 1. The second-order valence-electron chi connectivity index (χ2n) is 6.13. The third-order valence-corrected chi connectivity index (χ3v) is 4.85. The van der Waals surface area contributed by atoms with Gasteiger partial charge >= 0.3 is 0 Å². The summed E-state index contributed by atoms with van der Waals surface area (Å²) in [6, 6.07) is 23.4. The molecule has 0 saturated heterocycles. The molecular formula is C23H20BrNO2. The summed E-state index contributed by atoms with van der Waals surface area (Å²) < 4.78 is 6.73. The molecule has 27 heavy (non-hydrogen) atoms. The van der Waals surface area contributed by atoms with Gasteiger partial charge in [-0.3, -0.25) is 4.79 Å². The first-order valence-electron chi connectivity index (χ1n) is 8.62. The molecule has 0 aliphatic carbocycles. The van der Waals surface area contributed by atoms with Gasteiger partial charge < -0.3 is 10.1 Å². The Morgan fingerprint density at radius 2 is 1.78 bits per heavy atom. The first-order valence-corrected chi connectivity index (χ1v) is 9.41. The van der Waals surface area contributed by atoms with E-state index >= 15 is 0 Å². The topological polar surface area (TPSA) is 38.3 Å². The number of hydrogen-bond acceptors (Lipinski definition) is 2. The van der Waals surface area contributed by atoms with Crippen molar-refractivity contribution in [1.29, 1.82) is 0 Å². The molecule has 0 radical (unpaired) electrons. The van der Waals surface area contributed by atoms with Crippen LogP contribution in [-0.2, 0) is 11.4 Å². The van der Waals surface area contributed by atoms with E-state index in [0.717, 1.165) is 32.6 Å². The Labute approximate surface area is 167 Å². The standard InChI is InChI=1S/C23H20BrNO2/c1-17-7-11-20(15-22(17)24)25-23(26)14-10-18-8-12-21(13-9-18)27-16-19-5-3-2-4-6-19/h2-15H,16H2,1H3,(H,25,26)/b14-10+. The van der Waals surface area contributed by atoms with Gasteiger partial charge in [-0.05, 0) is 54.0 Å². The lowest BCUT2D eigenvalue weighted by Crippen LogP contribution is -2.07. The van der Waals surface area contributed by atoms with Crippen LogP contribution in [0.4, 0.5) is 5.69 Å². The van der Waals surface area contributed by atoms with Gasteiger partial charge in [0.2, 0.25) is 5.91 Å². The zero-order valence-corrected chi connectivity index (χ0v) is 16.6. The van der Waals surface area contributed by atoms with Gasteiger partial charge in [-0.25, -0.2) is 0 Å². The van der Waals surface area contributed by atoms with Crippen LogP contribution >= 0.6 is 15.9 Å². The van der Waals surface area contributed by atoms with Gasteiger partial charge in [0.1, 0.15) is 12.4 Å². The molecule has 1 N–H and O–H groups in total. The maximum atomic E-state index is 12.1. The number of carbonyl (C=O) groups is 1. The minimum absolute atomic E-state index is 0.171. The first kappa shape index (κ1) is 18.9. The van der Waals surface area contributed by atoms with Crippen LogP contribution in [0.1, 0.15) is 16.7 Å². The fourth-order valence-electron chi connectivity index (χ4n) is 2.44. The molecule has 0 aliphatic rings. The van der Waals surface area contributed by atoms with Crippen LogP contribution < -0.4 is 10.1 Å². The van der Waals surface area contributed by atoms with Gasteiger partial charge in [0.15, 0.2) is 0 Å². The third kappa shape index (κ3) is 5.83. The lowest BCUT2D eigenvalue weighted by molar-refractivity contribution is -0.111. The normalized spacial score (nSPS) is 10.7. The molecule has 0 atom stereocenters. The van der Waals surface area contributed by atoms with Crippen molar-refractivity contribution in [1.82, 2.24) is 0 Å². The summed E-state index contributed by atoms with van der Waals surface area (Å²) in [4.78, 5) is 12.1. The SMILES string of the molecule is Cc1ccc(NC(=O)/C=C/c2ccc(OCc3ccccc3)cc2)cc1Br. The summed E-state index contributed by atoms with van der Waals surface area (Å²) in [7, 11) is 0. The van der Waals surface area contributed by atoms with E-state index < -0.39 is 0 Å². The maximum absolute atomic E-state index is 12.1. The molecule has 0 spiro atoms. The number of aryl methyl sites for hydroxylation is 1. The summed E-state index contributed by atoms with van der Waals surface area (Å²) in [6.07, 6.45) is 3.30. The molecule has 4 heteroatoms. The van der Waals surface area contributed by atoms with Gasteiger partial charge in [-0.15, -0.1) is 0 Å². The average Bonchev–Trinajstić information content (AvgIpc) is 2.69. The zero-order valence-electron chi connectivity index (χ0n) is 15.0. The summed E-state index contributed by atoms with van der Waals surface area (Å²) in [5.41, 5.74) is 3.94. The van der Waals surface area contributed by atoms with Crippen molar-refractivity contribution in [2.75, 3.05) is 5.32 Å². The quantitative estimate of drug-likeness (QED) is 0.496. The molecule has 3 nitrogen and oxygen atoms in total. The molecule has 0 aliphatic heterocycles. The van der Waals surface area contributed by atoms with Gasteiger partial charge in [-0.1, -0.05) is 64.5 Å². The summed E-state index contributed by atoms with van der Waals surface area (Å²) in [5, 5.41) is 2.85. The molecule has 3 rings (SSSR count). The highest BCUT2D eigenvalue weighted by molar-refractivity contribution is 9.10. The number of carbonyl (C=O) groups excluding carboxylic acids is 1. The monoisotopic (exact) mass is 421 g/mol. The van der Waals surface area contributed by atoms with E-state index in [0.29, 0.717) is 6.61 Å². The molecule has 0 saturated carbocycles. The highest BCUT2D eigenvalue weighted by Crippen LogP contribution is 2.20. The van der Waals surface area contributed by atoms with E-state index in [1.165, 1.54) is 6.08 Å². The van der Waals surface area contributed by atoms with Crippen molar-refractivity contribution in [3.05, 3.63) is 100 Å². The molecule has 0 aromatic heterocycles. The van der Waals surface area contributed by atoms with E-state index in [4.69, 9.17) is 4.74 Å². The zero-order chi connectivity index (χ0) is 19.1. The number of benzene rings is 3.